The minimum atomic E-state index is -1.16. The van der Waals surface area contributed by atoms with Crippen molar-refractivity contribution in [2.75, 3.05) is 12.3 Å². The molecule has 0 aromatic carbocycles. The van der Waals surface area contributed by atoms with E-state index >= 15 is 0 Å². The molecule has 0 aromatic heterocycles. The number of carbonyl (C=O) groups excluding carboxylic acids is 2. The maximum atomic E-state index is 12.1. The predicted octanol–water partition coefficient (Wildman–Crippen LogP) is 0.241. The molecule has 1 rings (SSSR count). The average molecular weight is 303 g/mol. The molecule has 114 valence electrons. The number of hydrogen-bond acceptors (Lipinski definition) is 4. The van der Waals surface area contributed by atoms with Crippen molar-refractivity contribution in [3.63, 3.8) is 0 Å². The largest absolute Gasteiger partial charge is 0.480 e. The van der Waals surface area contributed by atoms with Crippen LogP contribution in [0.1, 0.15) is 26.7 Å². The molecule has 1 heterocycles. The summed E-state index contributed by atoms with van der Waals surface area (Å²) in [5.74, 6) is -0.911. The molecule has 2 unspecified atom stereocenters. The van der Waals surface area contributed by atoms with Crippen LogP contribution in [0.3, 0.4) is 0 Å². The van der Waals surface area contributed by atoms with Gasteiger partial charge in [0.05, 0.1) is 0 Å². The Balaban J connectivity index is 2.60. The fourth-order valence-corrected chi connectivity index (χ4v) is 3.10. The van der Waals surface area contributed by atoms with Gasteiger partial charge < -0.3 is 21.1 Å². The van der Waals surface area contributed by atoms with Gasteiger partial charge in [0, 0.05) is 30.0 Å². The first-order valence-corrected chi connectivity index (χ1v) is 7.57. The Morgan fingerprint density at radius 3 is 2.65 bits per heavy atom. The lowest BCUT2D eigenvalue weighted by molar-refractivity contribution is -0.139. The van der Waals surface area contributed by atoms with Gasteiger partial charge in [0.15, 0.2) is 0 Å². The molecule has 0 spiro atoms. The van der Waals surface area contributed by atoms with Crippen molar-refractivity contribution < 1.29 is 19.5 Å². The Morgan fingerprint density at radius 1 is 1.45 bits per heavy atom. The molecule has 3 atom stereocenters. The number of carboxylic acid groups (broad SMARTS) is 1. The second-order valence-corrected chi connectivity index (χ2v) is 6.34. The first kappa shape index (κ1) is 16.6. The van der Waals surface area contributed by atoms with E-state index in [2.05, 4.69) is 5.32 Å². The van der Waals surface area contributed by atoms with E-state index in [9.17, 15) is 14.4 Å². The second-order valence-electron chi connectivity index (χ2n) is 4.86. The van der Waals surface area contributed by atoms with E-state index in [4.69, 9.17) is 10.8 Å². The molecule has 4 N–H and O–H groups in total. The zero-order valence-corrected chi connectivity index (χ0v) is 12.5. The summed E-state index contributed by atoms with van der Waals surface area (Å²) in [6.45, 7) is 4.57. The molecule has 0 aromatic rings. The molecule has 1 aliphatic heterocycles. The maximum Gasteiger partial charge on any atom is 0.326 e. The molecule has 1 saturated heterocycles. The van der Waals surface area contributed by atoms with E-state index in [1.807, 2.05) is 13.8 Å². The number of thioether (sulfide) groups is 1. The van der Waals surface area contributed by atoms with E-state index in [1.54, 1.807) is 16.7 Å². The van der Waals surface area contributed by atoms with Crippen LogP contribution < -0.4 is 11.1 Å². The fraction of sp³-hybridized carbons (Fsp3) is 0.750. The molecule has 20 heavy (non-hydrogen) atoms. The highest BCUT2D eigenvalue weighted by Gasteiger charge is 2.31. The average Bonchev–Trinajstić information content (AvgIpc) is 2.36. The van der Waals surface area contributed by atoms with Crippen LogP contribution in [0.15, 0.2) is 0 Å². The number of nitrogens with one attached hydrogen (secondary N) is 1. The van der Waals surface area contributed by atoms with E-state index in [0.717, 1.165) is 5.75 Å². The Bertz CT molecular complexity index is 391. The van der Waals surface area contributed by atoms with Crippen molar-refractivity contribution in [1.29, 1.82) is 0 Å². The third-order valence-corrected chi connectivity index (χ3v) is 4.76. The van der Waals surface area contributed by atoms with Gasteiger partial charge in [-0.05, 0) is 13.3 Å². The number of urea groups is 1. The third kappa shape index (κ3) is 4.59. The number of rotatable bonds is 5. The van der Waals surface area contributed by atoms with E-state index in [1.165, 1.54) is 0 Å². The zero-order chi connectivity index (χ0) is 15.3. The number of primary amides is 1. The van der Waals surface area contributed by atoms with Crippen LogP contribution in [0.25, 0.3) is 0 Å². The van der Waals surface area contributed by atoms with Crippen molar-refractivity contribution in [2.24, 2.45) is 5.73 Å². The maximum absolute atomic E-state index is 12.1. The number of amides is 3. The van der Waals surface area contributed by atoms with Crippen molar-refractivity contribution in [2.45, 2.75) is 44.0 Å². The summed E-state index contributed by atoms with van der Waals surface area (Å²) in [7, 11) is 0. The molecule has 0 radical (unpaired) electrons. The lowest BCUT2D eigenvalue weighted by atomic mass is 10.1. The third-order valence-electron chi connectivity index (χ3n) is 3.42. The summed E-state index contributed by atoms with van der Waals surface area (Å²) < 4.78 is 0. The van der Waals surface area contributed by atoms with E-state index < -0.39 is 23.9 Å². The SMILES string of the molecule is CC1SCCN(C(=O)N[C@H](CCC(N)=O)C(=O)O)C1C. The molecule has 0 saturated carbocycles. The van der Waals surface area contributed by atoms with Crippen LogP contribution >= 0.6 is 11.8 Å². The van der Waals surface area contributed by atoms with Gasteiger partial charge in [-0.25, -0.2) is 9.59 Å². The monoisotopic (exact) mass is 303 g/mol. The number of aliphatic carboxylic acids is 1. The summed E-state index contributed by atoms with van der Waals surface area (Å²) in [4.78, 5) is 35.6. The molecule has 0 aliphatic carbocycles. The smallest absolute Gasteiger partial charge is 0.326 e. The van der Waals surface area contributed by atoms with E-state index in [-0.39, 0.29) is 18.9 Å². The van der Waals surface area contributed by atoms with Crippen LogP contribution in [-0.2, 0) is 9.59 Å². The van der Waals surface area contributed by atoms with Crippen LogP contribution in [0.4, 0.5) is 4.79 Å². The first-order chi connectivity index (χ1) is 9.32. The minimum absolute atomic E-state index is 0.00291. The second kappa shape index (κ2) is 7.37. The normalized spacial score (nSPS) is 24.0. The van der Waals surface area contributed by atoms with Crippen LogP contribution in [0.5, 0.6) is 0 Å². The van der Waals surface area contributed by atoms with Gasteiger partial charge in [0.25, 0.3) is 0 Å². The Morgan fingerprint density at radius 2 is 2.10 bits per heavy atom. The number of carboxylic acids is 1. The number of carbonyl (C=O) groups is 3. The summed E-state index contributed by atoms with van der Waals surface area (Å²) in [6, 6.07) is -1.45. The highest BCUT2D eigenvalue weighted by Crippen LogP contribution is 2.24. The minimum Gasteiger partial charge on any atom is -0.480 e. The number of nitrogens with two attached hydrogens (primary N) is 1. The van der Waals surface area contributed by atoms with Crippen LogP contribution in [-0.4, -0.2) is 57.5 Å². The van der Waals surface area contributed by atoms with Gasteiger partial charge in [-0.2, -0.15) is 11.8 Å². The first-order valence-electron chi connectivity index (χ1n) is 6.52. The molecule has 3 amide bonds. The predicted molar refractivity (Wildman–Crippen MR) is 76.5 cm³/mol. The molecular formula is C12H21N3O4S. The molecule has 7 nitrogen and oxygen atoms in total. The van der Waals surface area contributed by atoms with Crippen molar-refractivity contribution in [3.05, 3.63) is 0 Å². The van der Waals surface area contributed by atoms with Gasteiger partial charge in [-0.15, -0.1) is 0 Å². The van der Waals surface area contributed by atoms with Crippen molar-refractivity contribution in [3.8, 4) is 0 Å². The Kier molecular flexibility index (Phi) is 6.12. The number of nitrogens with zero attached hydrogens (tertiary/aromatic N) is 1. The lowest BCUT2D eigenvalue weighted by Gasteiger charge is -2.37. The highest BCUT2D eigenvalue weighted by molar-refractivity contribution is 8.00. The summed E-state index contributed by atoms with van der Waals surface area (Å²) in [6.07, 6.45) is -0.0675. The summed E-state index contributed by atoms with van der Waals surface area (Å²) >= 11 is 1.79. The van der Waals surface area contributed by atoms with Crippen LogP contribution in [0, 0.1) is 0 Å². The number of hydrogen-bond donors (Lipinski definition) is 3. The molecule has 0 bridgehead atoms. The molecule has 8 heteroatoms. The van der Waals surface area contributed by atoms with Crippen molar-refractivity contribution >= 4 is 29.7 Å². The summed E-state index contributed by atoms with van der Waals surface area (Å²) in [5, 5.41) is 11.8. The zero-order valence-electron chi connectivity index (χ0n) is 11.7. The molecular weight excluding hydrogens is 282 g/mol. The lowest BCUT2D eigenvalue weighted by Crippen LogP contribution is -2.55. The highest BCUT2D eigenvalue weighted by atomic mass is 32.2. The van der Waals surface area contributed by atoms with Gasteiger partial charge in [0.1, 0.15) is 6.04 Å². The van der Waals surface area contributed by atoms with Crippen LogP contribution in [0.2, 0.25) is 0 Å². The Labute approximate surface area is 122 Å². The molecule has 1 aliphatic rings. The van der Waals surface area contributed by atoms with E-state index in [0.29, 0.717) is 11.8 Å². The Hall–Kier alpha value is -1.44. The fourth-order valence-electron chi connectivity index (χ4n) is 2.00. The molecule has 1 fully saturated rings. The standard InChI is InChI=1S/C12H21N3O4S/c1-7-8(2)20-6-5-15(7)12(19)14-9(11(17)18)3-4-10(13)16/h7-9H,3-6H2,1-2H3,(H2,13,16)(H,14,19)(H,17,18)/t7?,8?,9-/m1/s1. The van der Waals surface area contributed by atoms with Gasteiger partial charge in [-0.3, -0.25) is 4.79 Å². The summed E-state index contributed by atoms with van der Waals surface area (Å²) in [5.41, 5.74) is 5.00. The van der Waals surface area contributed by atoms with Crippen molar-refractivity contribution in [1.82, 2.24) is 10.2 Å². The topological polar surface area (TPSA) is 113 Å². The van der Waals surface area contributed by atoms with Gasteiger partial charge in [-0.1, -0.05) is 6.92 Å². The van der Waals surface area contributed by atoms with Gasteiger partial charge >= 0.3 is 12.0 Å². The quantitative estimate of drug-likeness (QED) is 0.673. The van der Waals surface area contributed by atoms with Gasteiger partial charge in [0.2, 0.25) is 5.91 Å².